The minimum atomic E-state index is 0.933. The summed E-state index contributed by atoms with van der Waals surface area (Å²) in [5.74, 6) is 0. The maximum Gasteiger partial charge on any atom is 0.135 e. The summed E-state index contributed by atoms with van der Waals surface area (Å²) in [6.07, 6.45) is 0. The molecule has 0 amide bonds. The van der Waals surface area contributed by atoms with Crippen LogP contribution in [0, 0.1) is 6.92 Å². The van der Waals surface area contributed by atoms with E-state index in [1.165, 1.54) is 49.0 Å². The van der Waals surface area contributed by atoms with Gasteiger partial charge in [-0.15, -0.1) is 0 Å². The number of aryl methyl sites for hydroxylation is 1. The second-order valence-corrected chi connectivity index (χ2v) is 8.66. The highest BCUT2D eigenvalue weighted by atomic mass is 16.3. The van der Waals surface area contributed by atoms with E-state index in [1.54, 1.807) is 0 Å². The molecule has 0 atom stereocenters. The topological polar surface area (TPSA) is 13.1 Å². The highest BCUT2D eigenvalue weighted by molar-refractivity contribution is 6.25. The van der Waals surface area contributed by atoms with Gasteiger partial charge in [0.2, 0.25) is 0 Å². The Morgan fingerprint density at radius 1 is 0.406 bits per heavy atom. The van der Waals surface area contributed by atoms with E-state index in [2.05, 4.69) is 97.9 Å². The van der Waals surface area contributed by atoms with Crippen LogP contribution >= 0.6 is 0 Å². The van der Waals surface area contributed by atoms with Gasteiger partial charge >= 0.3 is 0 Å². The number of benzene rings is 6. The third-order valence-electron chi connectivity index (χ3n) is 6.70. The van der Waals surface area contributed by atoms with Crippen LogP contribution in [0.5, 0.6) is 0 Å². The van der Waals surface area contributed by atoms with Gasteiger partial charge < -0.3 is 4.42 Å². The van der Waals surface area contributed by atoms with Gasteiger partial charge in [-0.3, -0.25) is 0 Å². The molecule has 0 fully saturated rings. The van der Waals surface area contributed by atoms with E-state index < -0.39 is 0 Å². The Morgan fingerprint density at radius 2 is 0.938 bits per heavy atom. The van der Waals surface area contributed by atoms with Crippen LogP contribution in [-0.2, 0) is 0 Å². The average molecular weight is 409 g/mol. The summed E-state index contributed by atoms with van der Waals surface area (Å²) in [4.78, 5) is 0. The van der Waals surface area contributed by atoms with Crippen LogP contribution in [0.25, 0.3) is 65.4 Å². The molecule has 6 aromatic carbocycles. The highest BCUT2D eigenvalue weighted by Gasteiger charge is 2.12. The first-order valence-electron chi connectivity index (χ1n) is 11.0. The van der Waals surface area contributed by atoms with Crippen molar-refractivity contribution in [2.45, 2.75) is 6.92 Å². The number of hydrogen-bond acceptors (Lipinski definition) is 1. The fourth-order valence-electron chi connectivity index (χ4n) is 5.16. The molecule has 0 spiro atoms. The Bertz CT molecular complexity index is 1810. The molecule has 1 aromatic heterocycles. The molecule has 0 aliphatic carbocycles. The van der Waals surface area contributed by atoms with Gasteiger partial charge in [-0.05, 0) is 74.6 Å². The number of fused-ring (bicyclic) bond motifs is 9. The first-order chi connectivity index (χ1) is 15.8. The van der Waals surface area contributed by atoms with Gasteiger partial charge in [-0.1, -0.05) is 84.4 Å². The summed E-state index contributed by atoms with van der Waals surface area (Å²) in [5, 5.41) is 10.2. The normalized spacial score (nSPS) is 11.9. The van der Waals surface area contributed by atoms with Crippen LogP contribution in [0.4, 0.5) is 0 Å². The minimum absolute atomic E-state index is 0.933. The van der Waals surface area contributed by atoms with Crippen LogP contribution in [0.1, 0.15) is 5.56 Å². The Kier molecular flexibility index (Phi) is 3.54. The lowest BCUT2D eigenvalue weighted by molar-refractivity contribution is 0.669. The van der Waals surface area contributed by atoms with Gasteiger partial charge in [0.25, 0.3) is 0 Å². The SMILES string of the molecule is Cc1ccc2c3ccc(-c4ccc5oc6ccccc6c5c4)cc3c3ccccc3c2c1. The van der Waals surface area contributed by atoms with Gasteiger partial charge in [-0.25, -0.2) is 0 Å². The van der Waals surface area contributed by atoms with E-state index in [9.17, 15) is 0 Å². The van der Waals surface area contributed by atoms with E-state index in [0.717, 1.165) is 21.9 Å². The molecule has 7 aromatic rings. The molecule has 1 heteroatoms. The van der Waals surface area contributed by atoms with Crippen molar-refractivity contribution in [3.05, 3.63) is 109 Å². The van der Waals surface area contributed by atoms with Gasteiger partial charge in [0.05, 0.1) is 0 Å². The van der Waals surface area contributed by atoms with Gasteiger partial charge in [0.15, 0.2) is 0 Å². The molecule has 7 rings (SSSR count). The van der Waals surface area contributed by atoms with Gasteiger partial charge in [0, 0.05) is 10.8 Å². The number of para-hydroxylation sites is 1. The highest BCUT2D eigenvalue weighted by Crippen LogP contribution is 2.38. The first-order valence-corrected chi connectivity index (χ1v) is 11.0. The van der Waals surface area contributed by atoms with Crippen LogP contribution in [-0.4, -0.2) is 0 Å². The Labute approximate surface area is 185 Å². The number of hydrogen-bond donors (Lipinski definition) is 0. The van der Waals surface area contributed by atoms with E-state index in [0.29, 0.717) is 0 Å². The summed E-state index contributed by atoms with van der Waals surface area (Å²) in [6, 6.07) is 37.2. The molecule has 0 aliphatic rings. The third kappa shape index (κ3) is 2.45. The van der Waals surface area contributed by atoms with Gasteiger partial charge in [0.1, 0.15) is 11.2 Å². The van der Waals surface area contributed by atoms with Crippen molar-refractivity contribution >= 4 is 54.3 Å². The van der Waals surface area contributed by atoms with Crippen LogP contribution in [0.15, 0.2) is 108 Å². The standard InChI is InChI=1S/C31H20O/c1-19-10-13-24-25-14-11-20(17-28(25)23-7-3-2-6-22(23)27(24)16-19)21-12-15-31-29(18-21)26-8-4-5-9-30(26)32-31/h2-18H,1H3. The third-order valence-corrected chi connectivity index (χ3v) is 6.70. The van der Waals surface area contributed by atoms with Crippen molar-refractivity contribution in [2.24, 2.45) is 0 Å². The van der Waals surface area contributed by atoms with E-state index in [-0.39, 0.29) is 0 Å². The quantitative estimate of drug-likeness (QED) is 0.247. The van der Waals surface area contributed by atoms with E-state index in [4.69, 9.17) is 4.42 Å². The van der Waals surface area contributed by atoms with Crippen molar-refractivity contribution < 1.29 is 4.42 Å². The second kappa shape index (κ2) is 6.45. The molecule has 0 aliphatic heterocycles. The molecule has 0 unspecified atom stereocenters. The molecule has 0 N–H and O–H groups in total. The van der Waals surface area contributed by atoms with E-state index >= 15 is 0 Å². The summed E-state index contributed by atoms with van der Waals surface area (Å²) in [6.45, 7) is 2.16. The molecule has 0 radical (unpaired) electrons. The second-order valence-electron chi connectivity index (χ2n) is 8.66. The summed E-state index contributed by atoms with van der Waals surface area (Å²) in [5.41, 5.74) is 5.59. The lowest BCUT2D eigenvalue weighted by atomic mass is 9.91. The van der Waals surface area contributed by atoms with Crippen molar-refractivity contribution in [3.8, 4) is 11.1 Å². The Hall–Kier alpha value is -4.10. The molecule has 1 nitrogen and oxygen atoms in total. The summed E-state index contributed by atoms with van der Waals surface area (Å²) in [7, 11) is 0. The minimum Gasteiger partial charge on any atom is -0.456 e. The molecule has 150 valence electrons. The van der Waals surface area contributed by atoms with Crippen molar-refractivity contribution in [1.29, 1.82) is 0 Å². The Balaban J connectivity index is 1.54. The predicted octanol–water partition coefficient (Wildman–Crippen LogP) is 9.02. The zero-order valence-corrected chi connectivity index (χ0v) is 17.7. The number of furan rings is 1. The number of rotatable bonds is 1. The van der Waals surface area contributed by atoms with E-state index in [1.807, 2.05) is 12.1 Å². The summed E-state index contributed by atoms with van der Waals surface area (Å²) >= 11 is 0. The fourth-order valence-corrected chi connectivity index (χ4v) is 5.16. The molecule has 0 saturated heterocycles. The lowest BCUT2D eigenvalue weighted by Crippen LogP contribution is -1.86. The maximum atomic E-state index is 6.03. The monoisotopic (exact) mass is 408 g/mol. The lowest BCUT2D eigenvalue weighted by Gasteiger charge is -2.12. The zero-order chi connectivity index (χ0) is 21.2. The molecule has 0 bridgehead atoms. The largest absolute Gasteiger partial charge is 0.456 e. The smallest absolute Gasteiger partial charge is 0.135 e. The molecule has 1 heterocycles. The molecular weight excluding hydrogens is 388 g/mol. The predicted molar refractivity (Wildman–Crippen MR) is 136 cm³/mol. The molecule has 0 saturated carbocycles. The maximum absolute atomic E-state index is 6.03. The summed E-state index contributed by atoms with van der Waals surface area (Å²) < 4.78 is 6.03. The van der Waals surface area contributed by atoms with Crippen molar-refractivity contribution in [1.82, 2.24) is 0 Å². The van der Waals surface area contributed by atoms with Gasteiger partial charge in [-0.2, -0.15) is 0 Å². The van der Waals surface area contributed by atoms with Crippen LogP contribution in [0.3, 0.4) is 0 Å². The first kappa shape index (κ1) is 17.6. The van der Waals surface area contributed by atoms with Crippen molar-refractivity contribution in [2.75, 3.05) is 0 Å². The van der Waals surface area contributed by atoms with Crippen molar-refractivity contribution in [3.63, 3.8) is 0 Å². The fraction of sp³-hybridized carbons (Fsp3) is 0.0323. The molecular formula is C31H20O. The van der Waals surface area contributed by atoms with Crippen LogP contribution in [0.2, 0.25) is 0 Å². The Morgan fingerprint density at radius 3 is 1.72 bits per heavy atom. The zero-order valence-electron chi connectivity index (χ0n) is 17.7. The van der Waals surface area contributed by atoms with Crippen LogP contribution < -0.4 is 0 Å². The molecule has 32 heavy (non-hydrogen) atoms. The average Bonchev–Trinajstić information content (AvgIpc) is 3.22.